The van der Waals surface area contributed by atoms with Gasteiger partial charge in [0.15, 0.2) is 5.78 Å². The molecule has 0 unspecified atom stereocenters. The molecular formula is C25H25N3O3S. The summed E-state index contributed by atoms with van der Waals surface area (Å²) in [6.07, 6.45) is 3.48. The molecule has 0 amide bonds. The standard InChI is InChI=1S/C25H25N3O3S/c26-18-22(24-14-11-20-6-2-3-7-23(20)27-24)25(29)15-10-19-8-12-21(13-9-19)32(30,31)28-16-4-1-5-17-28/h2-3,6-9,11-14,22H,1,4-5,10,15-17H2/t22-/m1/s1. The van der Waals surface area contributed by atoms with Crippen LogP contribution in [0.25, 0.3) is 10.9 Å². The number of carbonyl (C=O) groups is 1. The van der Waals surface area contributed by atoms with Gasteiger partial charge in [0.1, 0.15) is 5.92 Å². The number of piperidine rings is 1. The third-order valence-corrected chi connectivity index (χ3v) is 7.82. The van der Waals surface area contributed by atoms with Crippen molar-refractivity contribution in [3.8, 4) is 6.07 Å². The summed E-state index contributed by atoms with van der Waals surface area (Å²) in [5.41, 5.74) is 2.07. The van der Waals surface area contributed by atoms with Crippen LogP contribution in [-0.2, 0) is 21.2 Å². The van der Waals surface area contributed by atoms with E-state index in [-0.39, 0.29) is 17.1 Å². The number of para-hydroxylation sites is 1. The van der Waals surface area contributed by atoms with Gasteiger partial charge in [-0.05, 0) is 49.1 Å². The smallest absolute Gasteiger partial charge is 0.243 e. The maximum absolute atomic E-state index is 12.8. The van der Waals surface area contributed by atoms with Crippen LogP contribution in [0.2, 0.25) is 0 Å². The van der Waals surface area contributed by atoms with E-state index in [4.69, 9.17) is 0 Å². The predicted octanol–water partition coefficient (Wildman–Crippen LogP) is 4.22. The Balaban J connectivity index is 1.42. The fourth-order valence-electron chi connectivity index (χ4n) is 4.04. The Labute approximate surface area is 188 Å². The fraction of sp³-hybridized carbons (Fsp3) is 0.320. The number of sulfonamides is 1. The highest BCUT2D eigenvalue weighted by Gasteiger charge is 2.26. The van der Waals surface area contributed by atoms with Crippen LogP contribution >= 0.6 is 0 Å². The molecule has 4 rings (SSSR count). The van der Waals surface area contributed by atoms with Gasteiger partial charge in [-0.2, -0.15) is 9.57 Å². The number of benzene rings is 2. The Bertz CT molecular complexity index is 1260. The predicted molar refractivity (Wildman–Crippen MR) is 122 cm³/mol. The topological polar surface area (TPSA) is 91.1 Å². The second kappa shape index (κ2) is 9.60. The van der Waals surface area contributed by atoms with E-state index >= 15 is 0 Å². The van der Waals surface area contributed by atoms with E-state index in [2.05, 4.69) is 11.1 Å². The molecule has 1 atom stereocenters. The number of nitriles is 1. The molecule has 0 spiro atoms. The van der Waals surface area contributed by atoms with Crippen LogP contribution in [0.3, 0.4) is 0 Å². The highest BCUT2D eigenvalue weighted by Crippen LogP contribution is 2.23. The van der Waals surface area contributed by atoms with Gasteiger partial charge in [-0.1, -0.05) is 42.8 Å². The Morgan fingerprint density at radius 3 is 2.44 bits per heavy atom. The van der Waals surface area contributed by atoms with Gasteiger partial charge in [-0.25, -0.2) is 8.42 Å². The zero-order valence-corrected chi connectivity index (χ0v) is 18.6. The van der Waals surface area contributed by atoms with E-state index in [1.807, 2.05) is 30.3 Å². The lowest BCUT2D eigenvalue weighted by molar-refractivity contribution is -0.119. The molecule has 1 aliphatic rings. The lowest BCUT2D eigenvalue weighted by Crippen LogP contribution is -2.35. The second-order valence-corrected chi connectivity index (χ2v) is 10.0. The molecule has 164 valence electrons. The van der Waals surface area contributed by atoms with Crippen molar-refractivity contribution in [2.75, 3.05) is 13.1 Å². The Hall–Kier alpha value is -3.08. The summed E-state index contributed by atoms with van der Waals surface area (Å²) < 4.78 is 27.1. The first-order chi connectivity index (χ1) is 15.5. The minimum atomic E-state index is -3.47. The van der Waals surface area contributed by atoms with Crippen molar-refractivity contribution < 1.29 is 13.2 Å². The van der Waals surface area contributed by atoms with Crippen LogP contribution in [0.1, 0.15) is 42.9 Å². The second-order valence-electron chi connectivity index (χ2n) is 8.07. The molecule has 0 radical (unpaired) electrons. The maximum atomic E-state index is 12.8. The molecule has 2 aromatic carbocycles. The molecule has 32 heavy (non-hydrogen) atoms. The van der Waals surface area contributed by atoms with Crippen LogP contribution in [0, 0.1) is 11.3 Å². The average Bonchev–Trinajstić information content (AvgIpc) is 2.84. The summed E-state index contributed by atoms with van der Waals surface area (Å²) in [5, 5.41) is 10.5. The number of hydrogen-bond acceptors (Lipinski definition) is 5. The number of fused-ring (bicyclic) bond motifs is 1. The normalized spacial score (nSPS) is 15.8. The van der Waals surface area contributed by atoms with Gasteiger partial charge < -0.3 is 0 Å². The quantitative estimate of drug-likeness (QED) is 0.541. The monoisotopic (exact) mass is 447 g/mol. The minimum Gasteiger partial charge on any atom is -0.298 e. The largest absolute Gasteiger partial charge is 0.298 e. The van der Waals surface area contributed by atoms with Crippen LogP contribution in [0.4, 0.5) is 0 Å². The molecule has 3 aromatic rings. The molecule has 2 heterocycles. The summed E-state index contributed by atoms with van der Waals surface area (Å²) in [7, 11) is -3.47. The van der Waals surface area contributed by atoms with E-state index in [9.17, 15) is 18.5 Å². The summed E-state index contributed by atoms with van der Waals surface area (Å²) >= 11 is 0. The summed E-state index contributed by atoms with van der Waals surface area (Å²) in [6.45, 7) is 1.13. The van der Waals surface area contributed by atoms with Gasteiger partial charge in [0.2, 0.25) is 10.0 Å². The summed E-state index contributed by atoms with van der Waals surface area (Å²) in [4.78, 5) is 17.5. The van der Waals surface area contributed by atoms with E-state index in [1.54, 1.807) is 34.6 Å². The van der Waals surface area contributed by atoms with Gasteiger partial charge in [-0.15, -0.1) is 0 Å². The van der Waals surface area contributed by atoms with Crippen molar-refractivity contribution in [1.29, 1.82) is 5.26 Å². The van der Waals surface area contributed by atoms with Crippen LogP contribution in [0.5, 0.6) is 0 Å². The SMILES string of the molecule is N#C[C@@H](C(=O)CCc1ccc(S(=O)(=O)N2CCCCC2)cc1)c1ccc2ccccc2n1. The van der Waals surface area contributed by atoms with E-state index in [1.165, 1.54) is 0 Å². The van der Waals surface area contributed by atoms with E-state index in [0.717, 1.165) is 35.7 Å². The van der Waals surface area contributed by atoms with Crippen molar-refractivity contribution in [2.45, 2.75) is 42.9 Å². The molecule has 0 saturated carbocycles. The van der Waals surface area contributed by atoms with Crippen molar-refractivity contribution in [2.24, 2.45) is 0 Å². The molecule has 1 fully saturated rings. The Morgan fingerprint density at radius 1 is 1.00 bits per heavy atom. The third kappa shape index (κ3) is 4.72. The number of rotatable bonds is 7. The summed E-state index contributed by atoms with van der Waals surface area (Å²) in [5.74, 6) is -1.11. The zero-order chi connectivity index (χ0) is 22.6. The van der Waals surface area contributed by atoms with Crippen molar-refractivity contribution in [1.82, 2.24) is 9.29 Å². The van der Waals surface area contributed by atoms with E-state index in [0.29, 0.717) is 25.2 Å². The number of carbonyl (C=O) groups excluding carboxylic acids is 1. The maximum Gasteiger partial charge on any atom is 0.243 e. The molecule has 0 aliphatic carbocycles. The van der Waals surface area contributed by atoms with Gasteiger partial charge in [0.25, 0.3) is 0 Å². The van der Waals surface area contributed by atoms with Crippen molar-refractivity contribution in [3.63, 3.8) is 0 Å². The van der Waals surface area contributed by atoms with Crippen molar-refractivity contribution in [3.05, 3.63) is 71.9 Å². The van der Waals surface area contributed by atoms with Crippen LogP contribution in [-0.4, -0.2) is 36.6 Å². The first-order valence-electron chi connectivity index (χ1n) is 10.9. The number of nitrogens with zero attached hydrogens (tertiary/aromatic N) is 3. The lowest BCUT2D eigenvalue weighted by Gasteiger charge is -2.25. The lowest BCUT2D eigenvalue weighted by atomic mass is 9.95. The highest BCUT2D eigenvalue weighted by molar-refractivity contribution is 7.89. The first-order valence-corrected chi connectivity index (χ1v) is 12.3. The van der Waals surface area contributed by atoms with E-state index < -0.39 is 15.9 Å². The fourth-order valence-corrected chi connectivity index (χ4v) is 5.56. The molecule has 1 aromatic heterocycles. The molecule has 0 bridgehead atoms. The van der Waals surface area contributed by atoms with Crippen LogP contribution < -0.4 is 0 Å². The van der Waals surface area contributed by atoms with Gasteiger partial charge in [0, 0.05) is 24.9 Å². The number of pyridine rings is 1. The molecule has 6 nitrogen and oxygen atoms in total. The highest BCUT2D eigenvalue weighted by atomic mass is 32.2. The number of Topliss-reactive ketones (excluding diaryl/α,β-unsaturated/α-hetero) is 1. The number of aryl methyl sites for hydroxylation is 1. The number of hydrogen-bond donors (Lipinski definition) is 0. The minimum absolute atomic E-state index is 0.185. The number of aromatic nitrogens is 1. The van der Waals surface area contributed by atoms with Crippen molar-refractivity contribution >= 4 is 26.7 Å². The van der Waals surface area contributed by atoms with Gasteiger partial charge >= 0.3 is 0 Å². The molecular weight excluding hydrogens is 422 g/mol. The molecule has 1 saturated heterocycles. The average molecular weight is 448 g/mol. The molecule has 7 heteroatoms. The third-order valence-electron chi connectivity index (χ3n) is 5.90. The summed E-state index contributed by atoms with van der Waals surface area (Å²) in [6, 6.07) is 20.0. The molecule has 0 N–H and O–H groups in total. The van der Waals surface area contributed by atoms with Crippen LogP contribution in [0.15, 0.2) is 65.6 Å². The van der Waals surface area contributed by atoms with Gasteiger partial charge in [-0.3, -0.25) is 9.78 Å². The Kier molecular flexibility index (Phi) is 6.63. The first kappa shape index (κ1) is 22.1. The zero-order valence-electron chi connectivity index (χ0n) is 17.8. The number of ketones is 1. The molecule has 1 aliphatic heterocycles. The Morgan fingerprint density at radius 2 is 1.72 bits per heavy atom. The van der Waals surface area contributed by atoms with Gasteiger partial charge in [0.05, 0.1) is 22.2 Å².